The van der Waals surface area contributed by atoms with Gasteiger partial charge in [0.1, 0.15) is 17.7 Å². The minimum absolute atomic E-state index is 0.00263. The number of benzene rings is 1. The lowest BCUT2D eigenvalue weighted by Gasteiger charge is -2.35. The van der Waals surface area contributed by atoms with Crippen molar-refractivity contribution >= 4 is 23.8 Å². The van der Waals surface area contributed by atoms with Crippen molar-refractivity contribution in [1.29, 1.82) is 0 Å². The maximum absolute atomic E-state index is 14.2. The molecule has 9 heteroatoms. The van der Waals surface area contributed by atoms with Crippen LogP contribution in [0.15, 0.2) is 18.2 Å². The SMILES string of the molecule is CCCCCNC(=O)C(c1cc(C)ccc1C)N(C(=O)C(CCC(N)=O)NC(=O)OC(C)(C)C)C1CC1C. The minimum Gasteiger partial charge on any atom is -0.444 e. The molecule has 4 atom stereocenters. The number of nitrogens with two attached hydrogens (primary N) is 1. The van der Waals surface area contributed by atoms with Gasteiger partial charge in [-0.25, -0.2) is 4.79 Å². The molecule has 2 rings (SSSR count). The van der Waals surface area contributed by atoms with E-state index in [-0.39, 0.29) is 30.7 Å². The van der Waals surface area contributed by atoms with Crippen molar-refractivity contribution in [2.75, 3.05) is 6.54 Å². The van der Waals surface area contributed by atoms with Crippen molar-refractivity contribution in [3.8, 4) is 0 Å². The van der Waals surface area contributed by atoms with Crippen LogP contribution >= 0.6 is 0 Å². The highest BCUT2D eigenvalue weighted by molar-refractivity contribution is 5.93. The Labute approximate surface area is 227 Å². The van der Waals surface area contributed by atoms with E-state index < -0.39 is 35.6 Å². The zero-order valence-electron chi connectivity index (χ0n) is 24.1. The van der Waals surface area contributed by atoms with Gasteiger partial charge >= 0.3 is 6.09 Å². The fraction of sp³-hybridized carbons (Fsp3) is 0.655. The van der Waals surface area contributed by atoms with Gasteiger partial charge in [0, 0.05) is 19.0 Å². The van der Waals surface area contributed by atoms with E-state index >= 15 is 0 Å². The van der Waals surface area contributed by atoms with Crippen LogP contribution in [0.3, 0.4) is 0 Å². The fourth-order valence-electron chi connectivity index (χ4n) is 4.50. The van der Waals surface area contributed by atoms with E-state index in [1.807, 2.05) is 39.0 Å². The largest absolute Gasteiger partial charge is 0.444 e. The summed E-state index contributed by atoms with van der Waals surface area (Å²) in [7, 11) is 0. The van der Waals surface area contributed by atoms with Crippen LogP contribution in [0.5, 0.6) is 0 Å². The molecule has 1 aliphatic rings. The highest BCUT2D eigenvalue weighted by Gasteiger charge is 2.48. The minimum atomic E-state index is -1.08. The lowest BCUT2D eigenvalue weighted by molar-refractivity contribution is -0.143. The Morgan fingerprint density at radius 1 is 1.16 bits per heavy atom. The molecule has 4 amide bonds. The molecule has 4 unspecified atom stereocenters. The first-order valence-corrected chi connectivity index (χ1v) is 13.7. The Morgan fingerprint density at radius 3 is 2.37 bits per heavy atom. The van der Waals surface area contributed by atoms with Crippen LogP contribution in [0, 0.1) is 19.8 Å². The monoisotopic (exact) mass is 530 g/mol. The predicted octanol–water partition coefficient (Wildman–Crippen LogP) is 4.05. The van der Waals surface area contributed by atoms with Crippen LogP contribution in [0.25, 0.3) is 0 Å². The predicted molar refractivity (Wildman–Crippen MR) is 147 cm³/mol. The molecule has 0 aliphatic heterocycles. The number of carbonyl (C=O) groups is 4. The van der Waals surface area contributed by atoms with Gasteiger partial charge in [0.25, 0.3) is 0 Å². The fourth-order valence-corrected chi connectivity index (χ4v) is 4.50. The first-order valence-electron chi connectivity index (χ1n) is 13.7. The molecule has 0 heterocycles. The molecule has 4 N–H and O–H groups in total. The standard InChI is InChI=1S/C29H46N4O5/c1-8-9-10-15-31-26(35)25(21-16-18(2)11-12-19(21)3)33(23-17-20(23)4)27(36)22(13-14-24(30)34)32-28(37)38-29(5,6)7/h11-12,16,20,22-23,25H,8-10,13-15,17H2,1-7H3,(H2,30,34)(H,31,35)(H,32,37). The normalized spacial score (nSPS) is 18.2. The second-order valence-corrected chi connectivity index (χ2v) is 11.5. The van der Waals surface area contributed by atoms with Crippen molar-refractivity contribution in [3.05, 3.63) is 34.9 Å². The van der Waals surface area contributed by atoms with E-state index in [0.717, 1.165) is 42.4 Å². The zero-order valence-corrected chi connectivity index (χ0v) is 24.1. The van der Waals surface area contributed by atoms with E-state index in [9.17, 15) is 19.2 Å². The molecule has 0 aromatic heterocycles. The number of hydrogen-bond acceptors (Lipinski definition) is 5. The summed E-state index contributed by atoms with van der Waals surface area (Å²) >= 11 is 0. The maximum Gasteiger partial charge on any atom is 0.408 e. The number of primary amides is 1. The van der Waals surface area contributed by atoms with Gasteiger partial charge in [-0.15, -0.1) is 0 Å². The zero-order chi connectivity index (χ0) is 28.6. The van der Waals surface area contributed by atoms with Gasteiger partial charge in [0.05, 0.1) is 0 Å². The Morgan fingerprint density at radius 2 is 1.82 bits per heavy atom. The number of amides is 4. The topological polar surface area (TPSA) is 131 Å². The third-order valence-electron chi connectivity index (χ3n) is 6.68. The van der Waals surface area contributed by atoms with Gasteiger partial charge in [-0.1, -0.05) is 50.5 Å². The molecular weight excluding hydrogens is 484 g/mol. The van der Waals surface area contributed by atoms with Crippen LogP contribution in [-0.2, 0) is 19.1 Å². The highest BCUT2D eigenvalue weighted by atomic mass is 16.6. The summed E-state index contributed by atoms with van der Waals surface area (Å²) in [5.74, 6) is -1.08. The molecule has 212 valence electrons. The average molecular weight is 531 g/mol. The summed E-state index contributed by atoms with van der Waals surface area (Å²) in [6.07, 6.45) is 2.74. The molecule has 0 bridgehead atoms. The van der Waals surface area contributed by atoms with E-state index in [2.05, 4.69) is 17.6 Å². The molecule has 0 spiro atoms. The number of hydrogen-bond donors (Lipinski definition) is 3. The van der Waals surface area contributed by atoms with Crippen LogP contribution < -0.4 is 16.4 Å². The van der Waals surface area contributed by atoms with Crippen LogP contribution in [0.1, 0.15) is 95.9 Å². The molecule has 9 nitrogen and oxygen atoms in total. The van der Waals surface area contributed by atoms with Crippen LogP contribution in [-0.4, -0.2) is 52.9 Å². The van der Waals surface area contributed by atoms with Gasteiger partial charge in [-0.2, -0.15) is 0 Å². The van der Waals surface area contributed by atoms with E-state index in [1.165, 1.54) is 0 Å². The summed E-state index contributed by atoms with van der Waals surface area (Å²) < 4.78 is 5.39. The molecule has 1 aromatic rings. The molecule has 1 aromatic carbocycles. The van der Waals surface area contributed by atoms with Crippen molar-refractivity contribution in [2.45, 2.75) is 111 Å². The van der Waals surface area contributed by atoms with Crippen molar-refractivity contribution in [3.63, 3.8) is 0 Å². The van der Waals surface area contributed by atoms with E-state index in [1.54, 1.807) is 25.7 Å². The van der Waals surface area contributed by atoms with Crippen LogP contribution in [0.4, 0.5) is 4.79 Å². The third kappa shape index (κ3) is 9.33. The van der Waals surface area contributed by atoms with E-state index in [0.29, 0.717) is 6.54 Å². The quantitative estimate of drug-likeness (QED) is 0.331. The molecule has 0 saturated heterocycles. The third-order valence-corrected chi connectivity index (χ3v) is 6.68. The first kappa shape index (κ1) is 31.1. The molecule has 1 saturated carbocycles. The number of nitrogens with zero attached hydrogens (tertiary/aromatic N) is 1. The lowest BCUT2D eigenvalue weighted by atomic mass is 9.95. The molecule has 1 aliphatic carbocycles. The maximum atomic E-state index is 14.2. The number of aryl methyl sites for hydroxylation is 2. The smallest absolute Gasteiger partial charge is 0.408 e. The Kier molecular flexibility index (Phi) is 11.2. The second-order valence-electron chi connectivity index (χ2n) is 11.5. The van der Waals surface area contributed by atoms with Crippen molar-refractivity contribution < 1.29 is 23.9 Å². The van der Waals surface area contributed by atoms with Gasteiger partial charge < -0.3 is 26.0 Å². The number of ether oxygens (including phenoxy) is 1. The summed E-state index contributed by atoms with van der Waals surface area (Å²) in [6, 6.07) is 3.73. The van der Waals surface area contributed by atoms with Crippen molar-refractivity contribution in [2.24, 2.45) is 11.7 Å². The first-order chi connectivity index (χ1) is 17.7. The van der Waals surface area contributed by atoms with Gasteiger partial charge in [0.15, 0.2) is 0 Å². The van der Waals surface area contributed by atoms with Crippen molar-refractivity contribution in [1.82, 2.24) is 15.5 Å². The lowest BCUT2D eigenvalue weighted by Crippen LogP contribution is -2.54. The number of nitrogens with one attached hydrogen (secondary N) is 2. The number of rotatable bonds is 13. The number of alkyl carbamates (subject to hydrolysis) is 1. The average Bonchev–Trinajstić information content (AvgIpc) is 3.53. The van der Waals surface area contributed by atoms with Crippen LogP contribution in [0.2, 0.25) is 0 Å². The number of unbranched alkanes of at least 4 members (excludes halogenated alkanes) is 2. The number of carbonyl (C=O) groups excluding carboxylic acids is 4. The second kappa shape index (κ2) is 13.6. The van der Waals surface area contributed by atoms with Gasteiger partial charge in [0.2, 0.25) is 17.7 Å². The Bertz CT molecular complexity index is 1000. The molecular formula is C29H46N4O5. The van der Waals surface area contributed by atoms with Gasteiger partial charge in [-0.05, 0) is 70.9 Å². The Balaban J connectivity index is 2.50. The molecule has 0 radical (unpaired) electrons. The Hall–Kier alpha value is -3.10. The van der Waals surface area contributed by atoms with Gasteiger partial charge in [-0.3, -0.25) is 14.4 Å². The highest BCUT2D eigenvalue weighted by Crippen LogP contribution is 2.41. The summed E-state index contributed by atoms with van der Waals surface area (Å²) in [5, 5.41) is 5.68. The summed E-state index contributed by atoms with van der Waals surface area (Å²) in [4.78, 5) is 53.9. The summed E-state index contributed by atoms with van der Waals surface area (Å²) in [6.45, 7) is 13.7. The van der Waals surface area contributed by atoms with E-state index in [4.69, 9.17) is 10.5 Å². The summed E-state index contributed by atoms with van der Waals surface area (Å²) in [5.41, 5.74) is 7.23. The molecule has 38 heavy (non-hydrogen) atoms. The molecule has 1 fully saturated rings.